The number of rotatable bonds is 10. The SMILES string of the molecule is CCCCCCCCCC(=O)Cc1nccs1. The number of thiazole rings is 1. The molecule has 1 aromatic rings. The summed E-state index contributed by atoms with van der Waals surface area (Å²) < 4.78 is 0. The molecule has 0 spiro atoms. The number of hydrogen-bond donors (Lipinski definition) is 0. The van der Waals surface area contributed by atoms with Crippen molar-refractivity contribution < 1.29 is 4.79 Å². The number of unbranched alkanes of at least 4 members (excludes halogenated alkanes) is 6. The van der Waals surface area contributed by atoms with E-state index in [1.54, 1.807) is 17.5 Å². The molecule has 96 valence electrons. The fraction of sp³-hybridized carbons (Fsp3) is 0.714. The molecule has 0 N–H and O–H groups in total. The van der Waals surface area contributed by atoms with E-state index in [0.717, 1.165) is 17.8 Å². The van der Waals surface area contributed by atoms with Gasteiger partial charge in [-0.1, -0.05) is 45.4 Å². The number of ketones is 1. The summed E-state index contributed by atoms with van der Waals surface area (Å²) in [5.74, 6) is 0.341. The van der Waals surface area contributed by atoms with Crippen LogP contribution in [0.15, 0.2) is 11.6 Å². The van der Waals surface area contributed by atoms with Crippen LogP contribution in [0.5, 0.6) is 0 Å². The second-order valence-electron chi connectivity index (χ2n) is 4.51. The smallest absolute Gasteiger partial charge is 0.139 e. The van der Waals surface area contributed by atoms with Gasteiger partial charge in [-0.2, -0.15) is 0 Å². The van der Waals surface area contributed by atoms with Crippen molar-refractivity contribution in [2.45, 2.75) is 64.7 Å². The van der Waals surface area contributed by atoms with E-state index < -0.39 is 0 Å². The molecule has 0 aromatic carbocycles. The Balaban J connectivity index is 1.94. The highest BCUT2D eigenvalue weighted by molar-refractivity contribution is 7.09. The summed E-state index contributed by atoms with van der Waals surface area (Å²) in [7, 11) is 0. The molecular weight excluding hydrogens is 230 g/mol. The van der Waals surface area contributed by atoms with Gasteiger partial charge in [0, 0.05) is 18.0 Å². The lowest BCUT2D eigenvalue weighted by molar-refractivity contribution is -0.118. The summed E-state index contributed by atoms with van der Waals surface area (Å²) in [6.45, 7) is 2.23. The third kappa shape index (κ3) is 7.27. The third-order valence-electron chi connectivity index (χ3n) is 2.89. The van der Waals surface area contributed by atoms with Gasteiger partial charge in [-0.25, -0.2) is 4.98 Å². The zero-order chi connectivity index (χ0) is 12.3. The summed E-state index contributed by atoms with van der Waals surface area (Å²) in [6, 6.07) is 0. The highest BCUT2D eigenvalue weighted by atomic mass is 32.1. The van der Waals surface area contributed by atoms with Crippen molar-refractivity contribution in [3.63, 3.8) is 0 Å². The maximum atomic E-state index is 11.6. The van der Waals surface area contributed by atoms with Crippen molar-refractivity contribution in [2.24, 2.45) is 0 Å². The molecular formula is C14H23NOS. The van der Waals surface area contributed by atoms with Crippen LogP contribution >= 0.6 is 11.3 Å². The van der Waals surface area contributed by atoms with Gasteiger partial charge in [0.05, 0.1) is 11.4 Å². The normalized spacial score (nSPS) is 10.6. The Morgan fingerprint density at radius 3 is 2.53 bits per heavy atom. The van der Waals surface area contributed by atoms with Crippen LogP contribution in [0.1, 0.15) is 63.3 Å². The number of carbonyl (C=O) groups is 1. The van der Waals surface area contributed by atoms with Gasteiger partial charge < -0.3 is 0 Å². The predicted molar refractivity (Wildman–Crippen MR) is 73.4 cm³/mol. The Bertz CT molecular complexity index is 295. The van der Waals surface area contributed by atoms with Gasteiger partial charge in [0.25, 0.3) is 0 Å². The number of carbonyl (C=O) groups excluding carboxylic acids is 1. The Kier molecular flexibility index (Phi) is 7.89. The predicted octanol–water partition coefficient (Wildman–Crippen LogP) is 4.40. The van der Waals surface area contributed by atoms with E-state index >= 15 is 0 Å². The zero-order valence-electron chi connectivity index (χ0n) is 10.8. The van der Waals surface area contributed by atoms with Crippen LogP contribution in [0.25, 0.3) is 0 Å². The molecule has 0 atom stereocenters. The maximum absolute atomic E-state index is 11.6. The third-order valence-corrected chi connectivity index (χ3v) is 3.67. The molecule has 1 aromatic heterocycles. The largest absolute Gasteiger partial charge is 0.299 e. The number of hydrogen-bond acceptors (Lipinski definition) is 3. The monoisotopic (exact) mass is 253 g/mol. The summed E-state index contributed by atoms with van der Waals surface area (Å²) in [6.07, 6.45) is 11.9. The second kappa shape index (κ2) is 9.34. The minimum Gasteiger partial charge on any atom is -0.299 e. The van der Waals surface area contributed by atoms with E-state index in [1.165, 1.54) is 38.5 Å². The Morgan fingerprint density at radius 2 is 1.88 bits per heavy atom. The molecule has 3 heteroatoms. The van der Waals surface area contributed by atoms with Crippen molar-refractivity contribution in [3.8, 4) is 0 Å². The number of aromatic nitrogens is 1. The molecule has 0 aliphatic rings. The molecule has 0 aliphatic heterocycles. The molecule has 1 rings (SSSR count). The molecule has 0 amide bonds. The Labute approximate surface area is 108 Å². The second-order valence-corrected chi connectivity index (χ2v) is 5.49. The summed E-state index contributed by atoms with van der Waals surface area (Å²) in [5, 5.41) is 2.88. The standard InChI is InChI=1S/C14H23NOS/c1-2-3-4-5-6-7-8-9-13(16)12-14-15-10-11-17-14/h10-11H,2-9,12H2,1H3. The van der Waals surface area contributed by atoms with E-state index in [0.29, 0.717) is 12.2 Å². The highest BCUT2D eigenvalue weighted by Gasteiger charge is 2.05. The van der Waals surface area contributed by atoms with Crippen molar-refractivity contribution in [1.82, 2.24) is 4.98 Å². The fourth-order valence-corrected chi connectivity index (χ4v) is 2.52. The minimum atomic E-state index is 0.341. The molecule has 0 unspecified atom stereocenters. The van der Waals surface area contributed by atoms with Crippen molar-refractivity contribution in [2.75, 3.05) is 0 Å². The van der Waals surface area contributed by atoms with Gasteiger partial charge in [0.2, 0.25) is 0 Å². The molecule has 0 saturated carbocycles. The number of nitrogens with zero attached hydrogens (tertiary/aromatic N) is 1. The highest BCUT2D eigenvalue weighted by Crippen LogP contribution is 2.11. The first-order valence-corrected chi connectivity index (χ1v) is 7.61. The van der Waals surface area contributed by atoms with Crippen LogP contribution in [0.3, 0.4) is 0 Å². The molecule has 0 bridgehead atoms. The summed E-state index contributed by atoms with van der Waals surface area (Å²) in [5.41, 5.74) is 0. The van der Waals surface area contributed by atoms with Crippen molar-refractivity contribution >= 4 is 17.1 Å². The lowest BCUT2D eigenvalue weighted by atomic mass is 10.1. The van der Waals surface area contributed by atoms with Gasteiger partial charge in [0.1, 0.15) is 5.78 Å². The van der Waals surface area contributed by atoms with Crippen LogP contribution < -0.4 is 0 Å². The summed E-state index contributed by atoms with van der Waals surface area (Å²) in [4.78, 5) is 15.7. The first kappa shape index (κ1) is 14.4. The van der Waals surface area contributed by atoms with Gasteiger partial charge in [-0.05, 0) is 6.42 Å². The molecule has 0 saturated heterocycles. The quantitative estimate of drug-likeness (QED) is 0.579. The lowest BCUT2D eigenvalue weighted by Gasteiger charge is -2.00. The van der Waals surface area contributed by atoms with Crippen molar-refractivity contribution in [1.29, 1.82) is 0 Å². The van der Waals surface area contributed by atoms with E-state index in [2.05, 4.69) is 11.9 Å². The molecule has 0 radical (unpaired) electrons. The Morgan fingerprint density at radius 1 is 1.18 bits per heavy atom. The average Bonchev–Trinajstić information content (AvgIpc) is 2.80. The first-order chi connectivity index (χ1) is 8.33. The van der Waals surface area contributed by atoms with Crippen LogP contribution in [0.4, 0.5) is 0 Å². The van der Waals surface area contributed by atoms with Gasteiger partial charge in [0.15, 0.2) is 0 Å². The topological polar surface area (TPSA) is 30.0 Å². The van der Waals surface area contributed by atoms with E-state index in [9.17, 15) is 4.79 Å². The molecule has 17 heavy (non-hydrogen) atoms. The molecule has 0 fully saturated rings. The van der Waals surface area contributed by atoms with Crippen LogP contribution in [0.2, 0.25) is 0 Å². The van der Waals surface area contributed by atoms with Crippen LogP contribution in [0, 0.1) is 0 Å². The van der Waals surface area contributed by atoms with E-state index in [4.69, 9.17) is 0 Å². The van der Waals surface area contributed by atoms with E-state index in [1.807, 2.05) is 5.38 Å². The number of Topliss-reactive ketones (excluding diaryl/α,β-unsaturated/α-hetero) is 1. The first-order valence-electron chi connectivity index (χ1n) is 6.73. The maximum Gasteiger partial charge on any atom is 0.139 e. The van der Waals surface area contributed by atoms with Gasteiger partial charge in [-0.15, -0.1) is 11.3 Å². The lowest BCUT2D eigenvalue weighted by Crippen LogP contribution is -2.01. The molecule has 1 heterocycles. The minimum absolute atomic E-state index is 0.341. The summed E-state index contributed by atoms with van der Waals surface area (Å²) >= 11 is 1.57. The van der Waals surface area contributed by atoms with Gasteiger partial charge >= 0.3 is 0 Å². The average molecular weight is 253 g/mol. The fourth-order valence-electron chi connectivity index (χ4n) is 1.88. The molecule has 0 aliphatic carbocycles. The van der Waals surface area contributed by atoms with Gasteiger partial charge in [-0.3, -0.25) is 4.79 Å². The van der Waals surface area contributed by atoms with Crippen LogP contribution in [-0.2, 0) is 11.2 Å². The van der Waals surface area contributed by atoms with Crippen molar-refractivity contribution in [3.05, 3.63) is 16.6 Å². The van der Waals surface area contributed by atoms with Crippen LogP contribution in [-0.4, -0.2) is 10.8 Å². The Hall–Kier alpha value is -0.700. The zero-order valence-corrected chi connectivity index (χ0v) is 11.6. The molecule has 2 nitrogen and oxygen atoms in total. The van der Waals surface area contributed by atoms with E-state index in [-0.39, 0.29) is 0 Å².